The molecule has 0 aliphatic rings. The van der Waals surface area contributed by atoms with Gasteiger partial charge in [0.05, 0.1) is 30.4 Å². The molecule has 0 aliphatic heterocycles. The van der Waals surface area contributed by atoms with Crippen LogP contribution in [-0.4, -0.2) is 19.0 Å². The average molecular weight is 429 g/mol. The Hall–Kier alpha value is -3.53. The van der Waals surface area contributed by atoms with Gasteiger partial charge in [0.1, 0.15) is 5.75 Å². The summed E-state index contributed by atoms with van der Waals surface area (Å²) in [5.74, 6) is 1.10. The predicted molar refractivity (Wildman–Crippen MR) is 127 cm³/mol. The third-order valence-corrected chi connectivity index (χ3v) is 5.44. The summed E-state index contributed by atoms with van der Waals surface area (Å²) in [5, 5.41) is 0.774. The topological polar surface area (TPSA) is 48.7 Å². The lowest BCUT2D eigenvalue weighted by atomic mass is 10.1. The molecular weight excluding hydrogens is 400 g/mol. The maximum absolute atomic E-state index is 12.4. The van der Waals surface area contributed by atoms with Crippen molar-refractivity contribution in [2.75, 3.05) is 13.2 Å². The molecule has 3 aromatic carbocycles. The van der Waals surface area contributed by atoms with E-state index in [0.717, 1.165) is 31.1 Å². The second kappa shape index (κ2) is 10.7. The van der Waals surface area contributed by atoms with Crippen LogP contribution in [0.5, 0.6) is 11.5 Å². The number of Topliss-reactive ketones (excluding diaryl/α,β-unsaturated/α-hetero) is 1. The van der Waals surface area contributed by atoms with Crippen LogP contribution in [0.3, 0.4) is 0 Å². The molecule has 0 spiro atoms. The second-order valence-corrected chi connectivity index (χ2v) is 7.85. The number of carbonyl (C=O) groups is 1. The molecule has 0 bridgehead atoms. The first kappa shape index (κ1) is 21.7. The molecular formula is C28H28O4. The van der Waals surface area contributed by atoms with Gasteiger partial charge < -0.3 is 13.9 Å². The molecule has 1 heterocycles. The van der Waals surface area contributed by atoms with Crippen LogP contribution in [-0.2, 0) is 12.8 Å². The number of rotatable bonds is 11. The van der Waals surface area contributed by atoms with E-state index >= 15 is 0 Å². The highest BCUT2D eigenvalue weighted by atomic mass is 16.5. The molecule has 0 saturated carbocycles. The van der Waals surface area contributed by atoms with Gasteiger partial charge in [0.25, 0.3) is 0 Å². The minimum absolute atomic E-state index is 0.0553. The molecule has 0 amide bonds. The average Bonchev–Trinajstić information content (AvgIpc) is 3.31. The monoisotopic (exact) mass is 428 g/mol. The van der Waals surface area contributed by atoms with Gasteiger partial charge in [-0.3, -0.25) is 4.79 Å². The molecule has 0 saturated heterocycles. The lowest BCUT2D eigenvalue weighted by Crippen LogP contribution is -2.06. The van der Waals surface area contributed by atoms with Crippen LogP contribution in [0.25, 0.3) is 11.0 Å². The zero-order valence-corrected chi connectivity index (χ0v) is 18.4. The van der Waals surface area contributed by atoms with Gasteiger partial charge in [-0.15, -0.1) is 0 Å². The Bertz CT molecular complexity index is 1150. The largest absolute Gasteiger partial charge is 0.492 e. The Kier molecular flexibility index (Phi) is 7.23. The number of aryl methyl sites for hydroxylation is 2. The van der Waals surface area contributed by atoms with E-state index in [9.17, 15) is 4.79 Å². The van der Waals surface area contributed by atoms with Crippen molar-refractivity contribution in [3.8, 4) is 11.5 Å². The molecule has 0 radical (unpaired) electrons. The fourth-order valence-electron chi connectivity index (χ4n) is 3.81. The van der Waals surface area contributed by atoms with E-state index in [1.54, 1.807) is 19.3 Å². The van der Waals surface area contributed by atoms with Crippen LogP contribution < -0.4 is 9.47 Å². The van der Waals surface area contributed by atoms with Crippen LogP contribution in [0, 0.1) is 0 Å². The highest BCUT2D eigenvalue weighted by Gasteiger charge is 2.19. The quantitative estimate of drug-likeness (QED) is 0.198. The zero-order chi connectivity index (χ0) is 22.2. The van der Waals surface area contributed by atoms with E-state index in [1.807, 2.05) is 42.5 Å². The summed E-state index contributed by atoms with van der Waals surface area (Å²) in [6, 6.07) is 24.2. The summed E-state index contributed by atoms with van der Waals surface area (Å²) < 4.78 is 17.8. The first-order valence-electron chi connectivity index (χ1n) is 11.1. The predicted octanol–water partition coefficient (Wildman–Crippen LogP) is 6.66. The van der Waals surface area contributed by atoms with Crippen molar-refractivity contribution < 1.29 is 18.7 Å². The Morgan fingerprint density at radius 2 is 1.41 bits per heavy atom. The van der Waals surface area contributed by atoms with Crippen molar-refractivity contribution >= 4 is 16.8 Å². The van der Waals surface area contributed by atoms with Gasteiger partial charge in [-0.25, -0.2) is 0 Å². The highest BCUT2D eigenvalue weighted by molar-refractivity contribution is 6.04. The van der Waals surface area contributed by atoms with Gasteiger partial charge in [-0.2, -0.15) is 0 Å². The lowest BCUT2D eigenvalue weighted by molar-refractivity contribution is 0.101. The first-order chi connectivity index (χ1) is 15.7. The van der Waals surface area contributed by atoms with E-state index in [4.69, 9.17) is 13.9 Å². The van der Waals surface area contributed by atoms with E-state index < -0.39 is 0 Å². The smallest absolute Gasteiger partial charge is 0.179 e. The summed E-state index contributed by atoms with van der Waals surface area (Å²) in [6.07, 6.45) is 5.21. The first-order valence-corrected chi connectivity index (χ1v) is 11.1. The normalized spacial score (nSPS) is 10.9. The number of carbonyl (C=O) groups excluding carboxylic acids is 1. The maximum Gasteiger partial charge on any atom is 0.179 e. The fraction of sp³-hybridized carbons (Fsp3) is 0.250. The van der Waals surface area contributed by atoms with Crippen molar-refractivity contribution in [3.63, 3.8) is 0 Å². The van der Waals surface area contributed by atoms with Gasteiger partial charge in [0, 0.05) is 0 Å². The minimum Gasteiger partial charge on any atom is -0.492 e. The highest BCUT2D eigenvalue weighted by Crippen LogP contribution is 2.38. The molecule has 4 heteroatoms. The molecule has 1 aromatic heterocycles. The van der Waals surface area contributed by atoms with Crippen LogP contribution >= 0.6 is 0 Å². The van der Waals surface area contributed by atoms with Crippen molar-refractivity contribution in [1.29, 1.82) is 0 Å². The lowest BCUT2D eigenvalue weighted by Gasteiger charge is -2.14. The van der Waals surface area contributed by atoms with Crippen LogP contribution in [0.4, 0.5) is 0 Å². The van der Waals surface area contributed by atoms with E-state index in [1.165, 1.54) is 11.1 Å². The van der Waals surface area contributed by atoms with E-state index in [0.29, 0.717) is 35.9 Å². The summed E-state index contributed by atoms with van der Waals surface area (Å²) in [5.41, 5.74) is 3.70. The molecule has 0 fully saturated rings. The number of hydrogen-bond acceptors (Lipinski definition) is 4. The maximum atomic E-state index is 12.4. The van der Waals surface area contributed by atoms with Crippen LogP contribution in [0.1, 0.15) is 41.3 Å². The fourth-order valence-corrected chi connectivity index (χ4v) is 3.81. The molecule has 4 nitrogen and oxygen atoms in total. The molecule has 4 aromatic rings. The molecule has 32 heavy (non-hydrogen) atoms. The van der Waals surface area contributed by atoms with Crippen LogP contribution in [0.2, 0.25) is 0 Å². The number of ether oxygens (including phenoxy) is 2. The number of ketones is 1. The number of benzene rings is 3. The summed E-state index contributed by atoms with van der Waals surface area (Å²) in [6.45, 7) is 2.61. The minimum atomic E-state index is -0.0553. The van der Waals surface area contributed by atoms with Crippen molar-refractivity contribution in [2.45, 2.75) is 32.6 Å². The van der Waals surface area contributed by atoms with Gasteiger partial charge in [0.15, 0.2) is 17.1 Å². The number of hydrogen-bond donors (Lipinski definition) is 0. The van der Waals surface area contributed by atoms with E-state index in [-0.39, 0.29) is 5.78 Å². The van der Waals surface area contributed by atoms with Crippen molar-refractivity contribution in [2.24, 2.45) is 0 Å². The zero-order valence-electron chi connectivity index (χ0n) is 18.4. The standard InChI is InChI=1S/C28H28O4/c1-21(29)25-20-26(30-17-8-14-22-10-4-2-5-11-22)28-24(16-19-32-28)27(25)31-18-9-15-23-12-6-3-7-13-23/h2-7,10-13,16,19-20H,8-9,14-15,17-18H2,1H3. The SMILES string of the molecule is CC(=O)c1cc(OCCCc2ccccc2)c2occc2c1OCCCc1ccccc1. The molecule has 0 unspecified atom stereocenters. The third-order valence-electron chi connectivity index (χ3n) is 5.44. The Morgan fingerprint density at radius 3 is 2.00 bits per heavy atom. The van der Waals surface area contributed by atoms with Gasteiger partial charge in [-0.05, 0) is 55.9 Å². The second-order valence-electron chi connectivity index (χ2n) is 7.85. The van der Waals surface area contributed by atoms with Crippen LogP contribution in [0.15, 0.2) is 83.5 Å². The van der Waals surface area contributed by atoms with Crippen molar-refractivity contribution in [1.82, 2.24) is 0 Å². The number of fused-ring (bicyclic) bond motifs is 1. The molecule has 0 atom stereocenters. The van der Waals surface area contributed by atoms with E-state index in [2.05, 4.69) is 24.3 Å². The summed E-state index contributed by atoms with van der Waals surface area (Å²) in [4.78, 5) is 12.4. The van der Waals surface area contributed by atoms with Crippen molar-refractivity contribution in [3.05, 3.63) is 95.7 Å². The molecule has 164 valence electrons. The third kappa shape index (κ3) is 5.38. The van der Waals surface area contributed by atoms with Gasteiger partial charge in [0.2, 0.25) is 0 Å². The summed E-state index contributed by atoms with van der Waals surface area (Å²) >= 11 is 0. The van der Waals surface area contributed by atoms with Gasteiger partial charge in [-0.1, -0.05) is 60.7 Å². The molecule has 4 rings (SSSR count). The Balaban J connectivity index is 1.43. The van der Waals surface area contributed by atoms with Gasteiger partial charge >= 0.3 is 0 Å². The Morgan fingerprint density at radius 1 is 0.812 bits per heavy atom. The number of furan rings is 1. The molecule has 0 aliphatic carbocycles. The summed E-state index contributed by atoms with van der Waals surface area (Å²) in [7, 11) is 0. The molecule has 0 N–H and O–H groups in total. The Labute approximate surface area is 188 Å².